The van der Waals surface area contributed by atoms with Gasteiger partial charge in [0, 0.05) is 12.1 Å². The summed E-state index contributed by atoms with van der Waals surface area (Å²) in [6.07, 6.45) is 7.32. The molecule has 5 heteroatoms. The first-order chi connectivity index (χ1) is 9.65. The third-order valence-corrected chi connectivity index (χ3v) is 2.48. The predicted octanol–water partition coefficient (Wildman–Crippen LogP) is 3.48. The predicted molar refractivity (Wildman–Crippen MR) is 74.9 cm³/mol. The van der Waals surface area contributed by atoms with E-state index in [9.17, 15) is 14.9 Å². The Balaban J connectivity index is 2.03. The number of hydrogen-bond donors (Lipinski definition) is 0. The normalized spacial score (nSPS) is 11.2. The molecule has 1 heterocycles. The van der Waals surface area contributed by atoms with Crippen molar-refractivity contribution in [3.8, 4) is 0 Å². The van der Waals surface area contributed by atoms with E-state index in [1.54, 1.807) is 30.3 Å². The minimum Gasteiger partial charge on any atom is -0.465 e. The van der Waals surface area contributed by atoms with Crippen molar-refractivity contribution in [1.29, 1.82) is 0 Å². The van der Waals surface area contributed by atoms with Gasteiger partial charge in [0.25, 0.3) is 5.69 Å². The third-order valence-electron chi connectivity index (χ3n) is 2.48. The molecule has 1 aromatic heterocycles. The molecule has 0 fully saturated rings. The second-order valence-electron chi connectivity index (χ2n) is 3.94. The van der Waals surface area contributed by atoms with Gasteiger partial charge in [-0.3, -0.25) is 14.9 Å². The molecule has 0 atom stereocenters. The average molecular weight is 269 g/mol. The zero-order chi connectivity index (χ0) is 14.4. The smallest absolute Gasteiger partial charge is 0.270 e. The second-order valence-corrected chi connectivity index (χ2v) is 3.94. The molecular weight excluding hydrogens is 258 g/mol. The molecule has 0 radical (unpaired) electrons. The van der Waals surface area contributed by atoms with E-state index in [0.717, 1.165) is 0 Å². The molecule has 2 aromatic rings. The van der Waals surface area contributed by atoms with E-state index in [4.69, 9.17) is 4.42 Å². The Kier molecular flexibility index (Phi) is 4.24. The van der Waals surface area contributed by atoms with Crippen molar-refractivity contribution in [2.45, 2.75) is 0 Å². The number of benzene rings is 1. The van der Waals surface area contributed by atoms with Crippen molar-refractivity contribution in [2.75, 3.05) is 0 Å². The van der Waals surface area contributed by atoms with Crippen LogP contribution in [0.5, 0.6) is 0 Å². The quantitative estimate of drug-likeness (QED) is 0.473. The van der Waals surface area contributed by atoms with Gasteiger partial charge >= 0.3 is 0 Å². The van der Waals surface area contributed by atoms with Gasteiger partial charge in [0.15, 0.2) is 5.78 Å². The SMILES string of the molecule is O=C(/C=C/c1cccc([N+](=O)[O-])c1)/C=C/c1ccco1. The lowest BCUT2D eigenvalue weighted by Gasteiger charge is -1.93. The van der Waals surface area contributed by atoms with Gasteiger partial charge in [-0.1, -0.05) is 18.2 Å². The molecule has 0 aliphatic rings. The Bertz CT molecular complexity index is 669. The van der Waals surface area contributed by atoms with Gasteiger partial charge in [-0.2, -0.15) is 0 Å². The van der Waals surface area contributed by atoms with Crippen molar-refractivity contribution >= 4 is 23.6 Å². The number of non-ortho nitro benzene ring substituents is 1. The highest BCUT2D eigenvalue weighted by atomic mass is 16.6. The van der Waals surface area contributed by atoms with Crippen LogP contribution in [0.1, 0.15) is 11.3 Å². The minimum absolute atomic E-state index is 0.00859. The van der Waals surface area contributed by atoms with Crippen LogP contribution in [0, 0.1) is 10.1 Å². The van der Waals surface area contributed by atoms with Gasteiger partial charge in [-0.05, 0) is 35.9 Å². The molecule has 0 saturated carbocycles. The van der Waals surface area contributed by atoms with Gasteiger partial charge in [0.05, 0.1) is 11.2 Å². The number of nitro groups is 1. The minimum atomic E-state index is -0.476. The Morgan fingerprint density at radius 1 is 1.15 bits per heavy atom. The highest BCUT2D eigenvalue weighted by Crippen LogP contribution is 2.14. The monoisotopic (exact) mass is 269 g/mol. The van der Waals surface area contributed by atoms with Gasteiger partial charge in [0.1, 0.15) is 5.76 Å². The molecule has 0 unspecified atom stereocenters. The van der Waals surface area contributed by atoms with Crippen LogP contribution < -0.4 is 0 Å². The van der Waals surface area contributed by atoms with Crippen LogP contribution in [-0.4, -0.2) is 10.7 Å². The molecule has 1 aromatic carbocycles. The highest BCUT2D eigenvalue weighted by Gasteiger charge is 2.03. The molecule has 100 valence electrons. The largest absolute Gasteiger partial charge is 0.465 e. The standard InChI is InChI=1S/C15H11NO4/c17-14(8-9-15-5-2-10-20-15)7-6-12-3-1-4-13(11-12)16(18)19/h1-11H/b7-6+,9-8+. The van der Waals surface area contributed by atoms with Crippen molar-refractivity contribution in [3.05, 3.63) is 76.3 Å². The first-order valence-electron chi connectivity index (χ1n) is 5.83. The number of carbonyl (C=O) groups is 1. The Morgan fingerprint density at radius 2 is 1.95 bits per heavy atom. The fraction of sp³-hybridized carbons (Fsp3) is 0. The Labute approximate surface area is 115 Å². The molecule has 20 heavy (non-hydrogen) atoms. The zero-order valence-electron chi connectivity index (χ0n) is 10.4. The van der Waals surface area contributed by atoms with Crippen molar-refractivity contribution in [3.63, 3.8) is 0 Å². The Hall–Kier alpha value is -2.95. The van der Waals surface area contributed by atoms with Gasteiger partial charge < -0.3 is 4.42 Å². The summed E-state index contributed by atoms with van der Waals surface area (Å²) in [5, 5.41) is 10.6. The van der Waals surface area contributed by atoms with Crippen molar-refractivity contribution in [2.24, 2.45) is 0 Å². The number of nitro benzene ring substituents is 1. The van der Waals surface area contributed by atoms with Crippen molar-refractivity contribution in [1.82, 2.24) is 0 Å². The summed E-state index contributed by atoms with van der Waals surface area (Å²) in [4.78, 5) is 21.7. The number of rotatable bonds is 5. The molecule has 0 saturated heterocycles. The van der Waals surface area contributed by atoms with E-state index in [0.29, 0.717) is 11.3 Å². The van der Waals surface area contributed by atoms with E-state index in [2.05, 4.69) is 0 Å². The molecule has 2 rings (SSSR count). The average Bonchev–Trinajstić information content (AvgIpc) is 2.96. The van der Waals surface area contributed by atoms with Gasteiger partial charge in [-0.25, -0.2) is 0 Å². The highest BCUT2D eigenvalue weighted by molar-refractivity contribution is 6.04. The van der Waals surface area contributed by atoms with Crippen molar-refractivity contribution < 1.29 is 14.1 Å². The lowest BCUT2D eigenvalue weighted by molar-refractivity contribution is -0.384. The summed E-state index contributed by atoms with van der Waals surface area (Å²) in [7, 11) is 0. The molecular formula is C15H11NO4. The zero-order valence-corrected chi connectivity index (χ0v) is 10.4. The van der Waals surface area contributed by atoms with E-state index in [1.807, 2.05) is 0 Å². The van der Waals surface area contributed by atoms with E-state index < -0.39 is 4.92 Å². The molecule has 0 aliphatic carbocycles. The van der Waals surface area contributed by atoms with Crippen LogP contribution in [-0.2, 0) is 4.79 Å². The number of nitrogens with zero attached hydrogens (tertiary/aromatic N) is 1. The molecule has 0 N–H and O–H groups in total. The fourth-order valence-corrected chi connectivity index (χ4v) is 1.53. The number of furan rings is 1. The fourth-order valence-electron chi connectivity index (χ4n) is 1.53. The van der Waals surface area contributed by atoms with Gasteiger partial charge in [0.2, 0.25) is 0 Å². The summed E-state index contributed by atoms with van der Waals surface area (Å²) < 4.78 is 5.05. The molecule has 5 nitrogen and oxygen atoms in total. The number of allylic oxidation sites excluding steroid dienone is 2. The van der Waals surface area contributed by atoms with Crippen LogP contribution in [0.2, 0.25) is 0 Å². The summed E-state index contributed by atoms with van der Waals surface area (Å²) in [6.45, 7) is 0. The van der Waals surface area contributed by atoms with Crippen LogP contribution in [0.25, 0.3) is 12.2 Å². The molecule has 0 bridgehead atoms. The number of hydrogen-bond acceptors (Lipinski definition) is 4. The summed E-state index contributed by atoms with van der Waals surface area (Å²) in [6, 6.07) is 9.52. The first-order valence-corrected chi connectivity index (χ1v) is 5.83. The summed E-state index contributed by atoms with van der Waals surface area (Å²) in [5.41, 5.74) is 0.588. The second kappa shape index (κ2) is 6.29. The van der Waals surface area contributed by atoms with Gasteiger partial charge in [-0.15, -0.1) is 0 Å². The first kappa shape index (κ1) is 13.5. The summed E-state index contributed by atoms with van der Waals surface area (Å²) >= 11 is 0. The third kappa shape index (κ3) is 3.78. The van der Waals surface area contributed by atoms with E-state index >= 15 is 0 Å². The van der Waals surface area contributed by atoms with Crippen LogP contribution >= 0.6 is 0 Å². The maximum atomic E-state index is 11.6. The van der Waals surface area contributed by atoms with Crippen LogP contribution in [0.4, 0.5) is 5.69 Å². The topological polar surface area (TPSA) is 73.3 Å². The van der Waals surface area contributed by atoms with Crippen LogP contribution in [0.3, 0.4) is 0 Å². The Morgan fingerprint density at radius 3 is 2.65 bits per heavy atom. The van der Waals surface area contributed by atoms with E-state index in [1.165, 1.54) is 36.6 Å². The van der Waals surface area contributed by atoms with Crippen LogP contribution in [0.15, 0.2) is 59.2 Å². The maximum absolute atomic E-state index is 11.6. The number of carbonyl (C=O) groups excluding carboxylic acids is 1. The molecule has 0 spiro atoms. The molecule has 0 amide bonds. The number of ketones is 1. The molecule has 0 aliphatic heterocycles. The van der Waals surface area contributed by atoms with E-state index in [-0.39, 0.29) is 11.5 Å². The lowest BCUT2D eigenvalue weighted by atomic mass is 10.1. The maximum Gasteiger partial charge on any atom is 0.270 e. The summed E-state index contributed by atoms with van der Waals surface area (Å²) in [5.74, 6) is 0.356. The lowest BCUT2D eigenvalue weighted by Crippen LogP contribution is -1.88.